The van der Waals surface area contributed by atoms with Crippen molar-refractivity contribution in [2.45, 2.75) is 44.0 Å². The van der Waals surface area contributed by atoms with Crippen molar-refractivity contribution in [2.75, 3.05) is 13.1 Å². The summed E-state index contributed by atoms with van der Waals surface area (Å²) in [7, 11) is -1.73. The monoisotopic (exact) mass is 322 g/mol. The standard InChI is InChI=1S/C12H22N4O2S.ClH/c1-9-12(10(2)15(3)14-9)19(17,18)16-7-5-4-6-11(16)8-13;/h11H,4-8,13H2,1-3H3;1H. The van der Waals surface area contributed by atoms with Crippen LogP contribution in [-0.2, 0) is 17.1 Å². The smallest absolute Gasteiger partial charge is 0.247 e. The number of nitrogens with two attached hydrogens (primary N) is 1. The van der Waals surface area contributed by atoms with Crippen LogP contribution >= 0.6 is 12.4 Å². The van der Waals surface area contributed by atoms with Gasteiger partial charge in [0, 0.05) is 26.2 Å². The zero-order chi connectivity index (χ0) is 14.2. The van der Waals surface area contributed by atoms with E-state index < -0.39 is 10.0 Å². The van der Waals surface area contributed by atoms with Gasteiger partial charge in [-0.2, -0.15) is 9.40 Å². The van der Waals surface area contributed by atoms with E-state index in [-0.39, 0.29) is 18.4 Å². The van der Waals surface area contributed by atoms with Crippen LogP contribution in [0.3, 0.4) is 0 Å². The first-order valence-electron chi connectivity index (χ1n) is 6.61. The first-order valence-corrected chi connectivity index (χ1v) is 8.05. The summed E-state index contributed by atoms with van der Waals surface area (Å²) in [4.78, 5) is 0.343. The molecule has 1 aromatic heterocycles. The van der Waals surface area contributed by atoms with E-state index in [1.54, 1.807) is 29.9 Å². The molecule has 20 heavy (non-hydrogen) atoms. The molecule has 0 spiro atoms. The number of hydrogen-bond acceptors (Lipinski definition) is 4. The van der Waals surface area contributed by atoms with E-state index in [0.717, 1.165) is 19.3 Å². The molecule has 0 aromatic carbocycles. The van der Waals surface area contributed by atoms with Gasteiger partial charge in [0.1, 0.15) is 4.90 Å². The van der Waals surface area contributed by atoms with Crippen LogP contribution in [0, 0.1) is 13.8 Å². The molecule has 8 heteroatoms. The van der Waals surface area contributed by atoms with Crippen molar-refractivity contribution in [1.82, 2.24) is 14.1 Å². The van der Waals surface area contributed by atoms with Crippen LogP contribution in [0.5, 0.6) is 0 Å². The first kappa shape index (κ1) is 17.4. The van der Waals surface area contributed by atoms with E-state index in [4.69, 9.17) is 5.73 Å². The average molecular weight is 323 g/mol. The predicted octanol–water partition coefficient (Wildman–Crippen LogP) is 0.961. The van der Waals surface area contributed by atoms with E-state index in [1.807, 2.05) is 0 Å². The zero-order valence-corrected chi connectivity index (χ0v) is 13.8. The van der Waals surface area contributed by atoms with E-state index in [0.29, 0.717) is 29.4 Å². The topological polar surface area (TPSA) is 81.2 Å². The minimum absolute atomic E-state index is 0. The largest absolute Gasteiger partial charge is 0.329 e. The molecule has 1 aliphatic heterocycles. The average Bonchev–Trinajstić information content (AvgIpc) is 2.63. The second-order valence-electron chi connectivity index (χ2n) is 5.12. The molecule has 1 aliphatic rings. The first-order chi connectivity index (χ1) is 8.89. The maximum Gasteiger partial charge on any atom is 0.247 e. The third-order valence-corrected chi connectivity index (χ3v) is 6.06. The van der Waals surface area contributed by atoms with E-state index >= 15 is 0 Å². The van der Waals surface area contributed by atoms with Crippen LogP contribution in [0.4, 0.5) is 0 Å². The van der Waals surface area contributed by atoms with Gasteiger partial charge in [-0.1, -0.05) is 6.42 Å². The van der Waals surface area contributed by atoms with Gasteiger partial charge in [-0.3, -0.25) is 4.68 Å². The minimum Gasteiger partial charge on any atom is -0.329 e. The molecule has 1 saturated heterocycles. The zero-order valence-electron chi connectivity index (χ0n) is 12.2. The highest BCUT2D eigenvalue weighted by atomic mass is 35.5. The number of nitrogens with zero attached hydrogens (tertiary/aromatic N) is 3. The summed E-state index contributed by atoms with van der Waals surface area (Å²) < 4.78 is 28.8. The summed E-state index contributed by atoms with van der Waals surface area (Å²) in [6.45, 7) is 4.45. The van der Waals surface area contributed by atoms with Gasteiger partial charge < -0.3 is 5.73 Å². The Kier molecular flexibility index (Phi) is 5.60. The van der Waals surface area contributed by atoms with Crippen LogP contribution < -0.4 is 5.73 Å². The number of halogens is 1. The lowest BCUT2D eigenvalue weighted by atomic mass is 10.1. The summed E-state index contributed by atoms with van der Waals surface area (Å²) in [5.74, 6) is 0. The molecule has 1 fully saturated rings. The number of piperidine rings is 1. The van der Waals surface area contributed by atoms with Crippen LogP contribution in [-0.4, -0.2) is 41.6 Å². The molecular formula is C12H23ClN4O2S. The lowest BCUT2D eigenvalue weighted by molar-refractivity contribution is 0.257. The van der Waals surface area contributed by atoms with Crippen molar-refractivity contribution in [3.8, 4) is 0 Å². The van der Waals surface area contributed by atoms with Crippen molar-refractivity contribution in [3.63, 3.8) is 0 Å². The summed E-state index contributed by atoms with van der Waals surface area (Å²) >= 11 is 0. The van der Waals surface area contributed by atoms with Crippen molar-refractivity contribution >= 4 is 22.4 Å². The fourth-order valence-corrected chi connectivity index (χ4v) is 4.88. The quantitative estimate of drug-likeness (QED) is 0.898. The Morgan fingerprint density at radius 3 is 2.50 bits per heavy atom. The Morgan fingerprint density at radius 2 is 2.00 bits per heavy atom. The van der Waals surface area contributed by atoms with Crippen molar-refractivity contribution < 1.29 is 8.42 Å². The van der Waals surface area contributed by atoms with Crippen LogP contribution in [0.25, 0.3) is 0 Å². The summed E-state index contributed by atoms with van der Waals surface area (Å²) in [6.07, 6.45) is 2.78. The van der Waals surface area contributed by atoms with Gasteiger partial charge in [0.2, 0.25) is 10.0 Å². The second kappa shape index (κ2) is 6.43. The Bertz CT molecular complexity index is 570. The highest BCUT2D eigenvalue weighted by Crippen LogP contribution is 2.28. The Morgan fingerprint density at radius 1 is 1.35 bits per heavy atom. The Hall–Kier alpha value is -0.630. The molecule has 1 unspecified atom stereocenters. The van der Waals surface area contributed by atoms with Gasteiger partial charge in [-0.05, 0) is 26.7 Å². The SMILES string of the molecule is Cc1nn(C)c(C)c1S(=O)(=O)N1CCCCC1CN.Cl. The molecule has 1 atom stereocenters. The number of hydrogen-bond donors (Lipinski definition) is 1. The fourth-order valence-electron chi connectivity index (χ4n) is 2.77. The summed E-state index contributed by atoms with van der Waals surface area (Å²) in [5, 5.41) is 4.20. The van der Waals surface area contributed by atoms with Gasteiger partial charge >= 0.3 is 0 Å². The maximum atomic E-state index is 12.8. The molecule has 0 aliphatic carbocycles. The Labute approximate surface area is 126 Å². The number of aromatic nitrogens is 2. The molecule has 0 bridgehead atoms. The van der Waals surface area contributed by atoms with Gasteiger partial charge in [0.05, 0.1) is 11.4 Å². The molecule has 2 rings (SSSR count). The summed E-state index contributed by atoms with van der Waals surface area (Å²) in [5.41, 5.74) is 6.96. The van der Waals surface area contributed by atoms with Gasteiger partial charge in [0.15, 0.2) is 0 Å². The molecule has 1 aromatic rings. The molecule has 116 valence electrons. The maximum absolute atomic E-state index is 12.8. The van der Waals surface area contributed by atoms with Crippen molar-refractivity contribution in [1.29, 1.82) is 0 Å². The van der Waals surface area contributed by atoms with Gasteiger partial charge in [-0.25, -0.2) is 8.42 Å². The van der Waals surface area contributed by atoms with E-state index in [1.165, 1.54) is 0 Å². The summed E-state index contributed by atoms with van der Waals surface area (Å²) in [6, 6.07) is -0.0854. The lowest BCUT2D eigenvalue weighted by Gasteiger charge is -2.33. The molecule has 2 N–H and O–H groups in total. The molecule has 6 nitrogen and oxygen atoms in total. The highest BCUT2D eigenvalue weighted by Gasteiger charge is 2.36. The molecule has 0 radical (unpaired) electrons. The van der Waals surface area contributed by atoms with Crippen LogP contribution in [0.1, 0.15) is 30.7 Å². The number of rotatable bonds is 3. The number of sulfonamides is 1. The predicted molar refractivity (Wildman–Crippen MR) is 80.5 cm³/mol. The Balaban J connectivity index is 0.00000200. The van der Waals surface area contributed by atoms with Crippen LogP contribution in [0.2, 0.25) is 0 Å². The van der Waals surface area contributed by atoms with Gasteiger partial charge in [0.25, 0.3) is 0 Å². The second-order valence-corrected chi connectivity index (χ2v) is 6.95. The van der Waals surface area contributed by atoms with Gasteiger partial charge in [-0.15, -0.1) is 12.4 Å². The van der Waals surface area contributed by atoms with E-state index in [9.17, 15) is 8.42 Å². The molecule has 2 heterocycles. The minimum atomic E-state index is -3.49. The molecule has 0 amide bonds. The fraction of sp³-hybridized carbons (Fsp3) is 0.750. The highest BCUT2D eigenvalue weighted by molar-refractivity contribution is 7.89. The third kappa shape index (κ3) is 2.86. The van der Waals surface area contributed by atoms with Crippen molar-refractivity contribution in [3.05, 3.63) is 11.4 Å². The number of aryl methyl sites for hydroxylation is 2. The van der Waals surface area contributed by atoms with Crippen molar-refractivity contribution in [2.24, 2.45) is 12.8 Å². The molecular weight excluding hydrogens is 300 g/mol. The third-order valence-electron chi connectivity index (χ3n) is 3.85. The lowest BCUT2D eigenvalue weighted by Crippen LogP contribution is -2.47. The van der Waals surface area contributed by atoms with Crippen LogP contribution in [0.15, 0.2) is 4.90 Å². The molecule has 0 saturated carbocycles. The van der Waals surface area contributed by atoms with E-state index in [2.05, 4.69) is 5.10 Å². The normalized spacial score (nSPS) is 20.7.